The Balaban J connectivity index is 2.17. The zero-order chi connectivity index (χ0) is 12.5. The predicted molar refractivity (Wildman–Crippen MR) is 65.8 cm³/mol. The third-order valence-electron chi connectivity index (χ3n) is 2.29. The van der Waals surface area contributed by atoms with E-state index in [0.29, 0.717) is 23.2 Å². The molecule has 1 aromatic carbocycles. The van der Waals surface area contributed by atoms with Crippen LogP contribution in [0.4, 0.5) is 0 Å². The lowest BCUT2D eigenvalue weighted by atomic mass is 10.1. The van der Waals surface area contributed by atoms with Gasteiger partial charge in [0.2, 0.25) is 5.89 Å². The van der Waals surface area contributed by atoms with E-state index in [4.69, 9.17) is 21.9 Å². The van der Waals surface area contributed by atoms with Gasteiger partial charge in [-0.25, -0.2) is 0 Å². The van der Waals surface area contributed by atoms with E-state index >= 15 is 0 Å². The second kappa shape index (κ2) is 4.47. The van der Waals surface area contributed by atoms with Gasteiger partial charge in [0.15, 0.2) is 5.82 Å². The molecule has 0 spiro atoms. The molecule has 1 heterocycles. The zero-order valence-electron chi connectivity index (χ0n) is 9.77. The maximum atomic E-state index is 5.90. The molecule has 0 saturated carbocycles. The number of halogens is 1. The highest BCUT2D eigenvalue weighted by atomic mass is 35.5. The molecule has 2 rings (SSSR count). The lowest BCUT2D eigenvalue weighted by Crippen LogP contribution is -2.30. The van der Waals surface area contributed by atoms with Crippen molar-refractivity contribution in [1.29, 1.82) is 0 Å². The molecule has 90 valence electrons. The molecule has 0 radical (unpaired) electrons. The fraction of sp³-hybridized carbons (Fsp3) is 0.333. The van der Waals surface area contributed by atoms with Crippen molar-refractivity contribution in [3.05, 3.63) is 46.6 Å². The molecule has 0 amide bonds. The van der Waals surface area contributed by atoms with Gasteiger partial charge in [-0.3, -0.25) is 0 Å². The summed E-state index contributed by atoms with van der Waals surface area (Å²) in [5, 5.41) is 4.56. The molecule has 0 fully saturated rings. The number of benzene rings is 1. The normalized spacial score (nSPS) is 11.8. The monoisotopic (exact) mass is 251 g/mol. The van der Waals surface area contributed by atoms with Crippen molar-refractivity contribution in [2.75, 3.05) is 0 Å². The Morgan fingerprint density at radius 3 is 2.76 bits per heavy atom. The van der Waals surface area contributed by atoms with E-state index in [-0.39, 0.29) is 0 Å². The van der Waals surface area contributed by atoms with Gasteiger partial charge in [-0.05, 0) is 31.5 Å². The largest absolute Gasteiger partial charge is 0.339 e. The molecule has 1 aromatic heterocycles. The summed E-state index contributed by atoms with van der Waals surface area (Å²) in [5.74, 6) is 1.05. The predicted octanol–water partition coefficient (Wildman–Crippen LogP) is 2.51. The molecule has 2 aromatic rings. The van der Waals surface area contributed by atoms with E-state index in [2.05, 4.69) is 10.1 Å². The SMILES string of the molecule is CC(C)(N)c1noc(Cc2cccc(Cl)c2)n1. The van der Waals surface area contributed by atoms with Crippen molar-refractivity contribution in [3.63, 3.8) is 0 Å². The first-order chi connectivity index (χ1) is 7.95. The van der Waals surface area contributed by atoms with E-state index in [9.17, 15) is 0 Å². The highest BCUT2D eigenvalue weighted by Crippen LogP contribution is 2.16. The molecule has 0 aliphatic carbocycles. The molecule has 4 nitrogen and oxygen atoms in total. The van der Waals surface area contributed by atoms with Crippen molar-refractivity contribution in [1.82, 2.24) is 10.1 Å². The first-order valence-electron chi connectivity index (χ1n) is 5.31. The van der Waals surface area contributed by atoms with Crippen LogP contribution in [0.5, 0.6) is 0 Å². The van der Waals surface area contributed by atoms with Gasteiger partial charge in [0.25, 0.3) is 0 Å². The number of hydrogen-bond donors (Lipinski definition) is 1. The summed E-state index contributed by atoms with van der Waals surface area (Å²) in [6.07, 6.45) is 0.559. The lowest BCUT2D eigenvalue weighted by molar-refractivity contribution is 0.365. The minimum Gasteiger partial charge on any atom is -0.339 e. The Morgan fingerprint density at radius 2 is 2.18 bits per heavy atom. The van der Waals surface area contributed by atoms with Gasteiger partial charge in [-0.15, -0.1) is 0 Å². The third kappa shape index (κ3) is 3.05. The lowest BCUT2D eigenvalue weighted by Gasteiger charge is -2.11. The van der Waals surface area contributed by atoms with Gasteiger partial charge in [-0.2, -0.15) is 4.98 Å². The van der Waals surface area contributed by atoms with Crippen LogP contribution in [0.25, 0.3) is 0 Å². The minimum atomic E-state index is -0.587. The van der Waals surface area contributed by atoms with Crippen LogP contribution in [-0.4, -0.2) is 10.1 Å². The minimum absolute atomic E-state index is 0.509. The standard InChI is InChI=1S/C12H14ClN3O/c1-12(2,14)11-15-10(17-16-11)7-8-4-3-5-9(13)6-8/h3-6H,7,14H2,1-2H3. The molecule has 0 aliphatic rings. The van der Waals surface area contributed by atoms with E-state index in [1.54, 1.807) is 0 Å². The van der Waals surface area contributed by atoms with Crippen molar-refractivity contribution in [3.8, 4) is 0 Å². The Labute approximate surface area is 105 Å². The van der Waals surface area contributed by atoms with Crippen LogP contribution >= 0.6 is 11.6 Å². The van der Waals surface area contributed by atoms with Crippen LogP contribution in [0.15, 0.2) is 28.8 Å². The van der Waals surface area contributed by atoms with Crippen LogP contribution < -0.4 is 5.73 Å². The first-order valence-corrected chi connectivity index (χ1v) is 5.69. The van der Waals surface area contributed by atoms with E-state index in [1.807, 2.05) is 38.1 Å². The van der Waals surface area contributed by atoms with Gasteiger partial charge >= 0.3 is 0 Å². The molecule has 17 heavy (non-hydrogen) atoms. The van der Waals surface area contributed by atoms with E-state index in [0.717, 1.165) is 5.56 Å². The van der Waals surface area contributed by atoms with Crippen LogP contribution in [0.3, 0.4) is 0 Å². The number of nitrogens with two attached hydrogens (primary N) is 1. The second-order valence-electron chi connectivity index (χ2n) is 4.54. The topological polar surface area (TPSA) is 64.9 Å². The summed E-state index contributed by atoms with van der Waals surface area (Å²) in [6, 6.07) is 7.55. The Bertz CT molecular complexity index is 516. The quantitative estimate of drug-likeness (QED) is 0.910. The van der Waals surface area contributed by atoms with E-state index < -0.39 is 5.54 Å². The second-order valence-corrected chi connectivity index (χ2v) is 4.98. The highest BCUT2D eigenvalue weighted by Gasteiger charge is 2.21. The van der Waals surface area contributed by atoms with Crippen LogP contribution in [0, 0.1) is 0 Å². The molecule has 0 saturated heterocycles. The number of hydrogen-bond acceptors (Lipinski definition) is 4. The van der Waals surface area contributed by atoms with Crippen LogP contribution in [-0.2, 0) is 12.0 Å². The average Bonchev–Trinajstić information content (AvgIpc) is 2.65. The smallest absolute Gasteiger partial charge is 0.231 e. The summed E-state index contributed by atoms with van der Waals surface area (Å²) in [5.41, 5.74) is 6.32. The fourth-order valence-electron chi connectivity index (χ4n) is 1.41. The number of nitrogens with zero attached hydrogens (tertiary/aromatic N) is 2. The van der Waals surface area contributed by atoms with Gasteiger partial charge in [0.05, 0.1) is 12.0 Å². The third-order valence-corrected chi connectivity index (χ3v) is 2.52. The van der Waals surface area contributed by atoms with Gasteiger partial charge in [-0.1, -0.05) is 28.9 Å². The van der Waals surface area contributed by atoms with Crippen molar-refractivity contribution in [2.24, 2.45) is 5.73 Å². The summed E-state index contributed by atoms with van der Waals surface area (Å²) < 4.78 is 5.15. The number of aromatic nitrogens is 2. The van der Waals surface area contributed by atoms with Gasteiger partial charge in [0, 0.05) is 5.02 Å². The Hall–Kier alpha value is -1.39. The fourth-order valence-corrected chi connectivity index (χ4v) is 1.62. The van der Waals surface area contributed by atoms with Crippen molar-refractivity contribution in [2.45, 2.75) is 25.8 Å². The maximum Gasteiger partial charge on any atom is 0.231 e. The average molecular weight is 252 g/mol. The molecular formula is C12H14ClN3O. The summed E-state index contributed by atoms with van der Waals surface area (Å²) >= 11 is 5.90. The number of rotatable bonds is 3. The van der Waals surface area contributed by atoms with Crippen molar-refractivity contribution >= 4 is 11.6 Å². The molecule has 0 aliphatic heterocycles. The van der Waals surface area contributed by atoms with Crippen LogP contribution in [0.2, 0.25) is 5.02 Å². The summed E-state index contributed by atoms with van der Waals surface area (Å²) in [4.78, 5) is 4.26. The van der Waals surface area contributed by atoms with Gasteiger partial charge in [0.1, 0.15) is 0 Å². The molecule has 2 N–H and O–H groups in total. The molecule has 0 bridgehead atoms. The Morgan fingerprint density at radius 1 is 1.41 bits per heavy atom. The highest BCUT2D eigenvalue weighted by molar-refractivity contribution is 6.30. The van der Waals surface area contributed by atoms with Crippen molar-refractivity contribution < 1.29 is 4.52 Å². The first kappa shape index (κ1) is 12.1. The zero-order valence-corrected chi connectivity index (χ0v) is 10.5. The van der Waals surface area contributed by atoms with E-state index in [1.165, 1.54) is 0 Å². The molecular weight excluding hydrogens is 238 g/mol. The summed E-state index contributed by atoms with van der Waals surface area (Å²) in [6.45, 7) is 3.67. The Kier molecular flexibility index (Phi) is 3.17. The summed E-state index contributed by atoms with van der Waals surface area (Å²) in [7, 11) is 0. The van der Waals surface area contributed by atoms with Gasteiger partial charge < -0.3 is 10.3 Å². The molecule has 0 unspecified atom stereocenters. The molecule has 0 atom stereocenters. The van der Waals surface area contributed by atoms with Crippen LogP contribution in [0.1, 0.15) is 31.1 Å². The molecule has 5 heteroatoms. The maximum absolute atomic E-state index is 5.90.